The second kappa shape index (κ2) is 9.55. The molecule has 1 amide bonds. The van der Waals surface area contributed by atoms with E-state index in [0.717, 1.165) is 45.6 Å². The number of carbonyl (C=O) groups excluding carboxylic acids is 1. The van der Waals surface area contributed by atoms with Crippen LogP contribution in [0.4, 0.5) is 0 Å². The molecule has 1 aromatic heterocycles. The minimum atomic E-state index is -0.0143. The molecule has 6 nitrogen and oxygen atoms in total. The predicted molar refractivity (Wildman–Crippen MR) is 112 cm³/mol. The van der Waals surface area contributed by atoms with Crippen molar-refractivity contribution in [1.82, 2.24) is 19.7 Å². The summed E-state index contributed by atoms with van der Waals surface area (Å²) in [6.07, 6.45) is 7.43. The third-order valence-corrected chi connectivity index (χ3v) is 6.29. The number of nitrogens with zero attached hydrogens (tertiary/aromatic N) is 4. The second-order valence-electron chi connectivity index (χ2n) is 8.37. The van der Waals surface area contributed by atoms with Crippen LogP contribution in [0.1, 0.15) is 54.0 Å². The zero-order valence-electron chi connectivity index (χ0n) is 17.4. The van der Waals surface area contributed by atoms with E-state index >= 15 is 0 Å². The first kappa shape index (κ1) is 20.1. The summed E-state index contributed by atoms with van der Waals surface area (Å²) >= 11 is 0. The van der Waals surface area contributed by atoms with Crippen LogP contribution in [-0.4, -0.2) is 64.9 Å². The lowest BCUT2D eigenvalue weighted by Gasteiger charge is -2.34. The molecule has 6 heteroatoms. The number of piperazine rings is 1. The summed E-state index contributed by atoms with van der Waals surface area (Å²) in [5.41, 5.74) is 1.80. The smallest absolute Gasteiger partial charge is 0.275 e. The molecule has 2 heterocycles. The van der Waals surface area contributed by atoms with Crippen molar-refractivity contribution < 1.29 is 9.21 Å². The molecule has 1 saturated carbocycles. The minimum absolute atomic E-state index is 0.0143. The maximum atomic E-state index is 12.7. The van der Waals surface area contributed by atoms with Crippen LogP contribution in [0.25, 0.3) is 0 Å². The molecule has 1 saturated heterocycles. The molecule has 1 aliphatic carbocycles. The van der Waals surface area contributed by atoms with E-state index in [-0.39, 0.29) is 5.91 Å². The summed E-state index contributed by atoms with van der Waals surface area (Å²) in [5, 5.41) is 0. The third-order valence-electron chi connectivity index (χ3n) is 6.29. The quantitative estimate of drug-likeness (QED) is 0.749. The first-order valence-corrected chi connectivity index (χ1v) is 10.9. The number of carbonyl (C=O) groups is 1. The Kier molecular flexibility index (Phi) is 6.62. The van der Waals surface area contributed by atoms with Gasteiger partial charge in [0.25, 0.3) is 5.91 Å². The summed E-state index contributed by atoms with van der Waals surface area (Å²) in [6.45, 7) is 5.71. The largest absolute Gasteiger partial charge is 0.447 e. The molecule has 29 heavy (non-hydrogen) atoms. The molecular formula is C23H32N4O2. The molecule has 0 N–H and O–H groups in total. The van der Waals surface area contributed by atoms with Crippen LogP contribution in [0.3, 0.4) is 0 Å². The van der Waals surface area contributed by atoms with Gasteiger partial charge in [0.05, 0.1) is 6.54 Å². The van der Waals surface area contributed by atoms with Crippen LogP contribution in [0.15, 0.2) is 41.0 Å². The van der Waals surface area contributed by atoms with Crippen LogP contribution in [-0.2, 0) is 13.1 Å². The van der Waals surface area contributed by atoms with Crippen LogP contribution in [0.5, 0.6) is 0 Å². The lowest BCUT2D eigenvalue weighted by molar-refractivity contribution is 0.0690. The van der Waals surface area contributed by atoms with E-state index in [1.165, 1.54) is 31.1 Å². The van der Waals surface area contributed by atoms with Gasteiger partial charge in [0.15, 0.2) is 5.69 Å². The van der Waals surface area contributed by atoms with Gasteiger partial charge in [-0.3, -0.25) is 14.6 Å². The highest BCUT2D eigenvalue weighted by Gasteiger charge is 2.26. The van der Waals surface area contributed by atoms with E-state index in [0.29, 0.717) is 24.2 Å². The molecule has 0 unspecified atom stereocenters. The van der Waals surface area contributed by atoms with Crippen molar-refractivity contribution in [2.45, 2.75) is 51.2 Å². The Morgan fingerprint density at radius 3 is 2.38 bits per heavy atom. The lowest BCUT2D eigenvalue weighted by Crippen LogP contribution is -2.45. The molecular weight excluding hydrogens is 364 g/mol. The Morgan fingerprint density at radius 1 is 1.03 bits per heavy atom. The first-order valence-electron chi connectivity index (χ1n) is 10.9. The summed E-state index contributed by atoms with van der Waals surface area (Å²) in [5.74, 6) is 0.626. The molecule has 2 aromatic rings. The van der Waals surface area contributed by atoms with Crippen LogP contribution >= 0.6 is 0 Å². The van der Waals surface area contributed by atoms with Crippen molar-refractivity contribution in [2.75, 3.05) is 33.2 Å². The van der Waals surface area contributed by atoms with Crippen molar-refractivity contribution >= 4 is 5.91 Å². The molecule has 4 rings (SSSR count). The van der Waals surface area contributed by atoms with Crippen LogP contribution < -0.4 is 0 Å². The van der Waals surface area contributed by atoms with Gasteiger partial charge >= 0.3 is 0 Å². The zero-order valence-corrected chi connectivity index (χ0v) is 17.4. The number of amides is 1. The van der Waals surface area contributed by atoms with Crippen molar-refractivity contribution in [2.24, 2.45) is 0 Å². The average Bonchev–Trinajstić information content (AvgIpc) is 3.24. The van der Waals surface area contributed by atoms with Crippen molar-refractivity contribution in [3.63, 3.8) is 0 Å². The number of benzene rings is 1. The van der Waals surface area contributed by atoms with E-state index in [1.807, 2.05) is 11.9 Å². The molecule has 0 spiro atoms. The van der Waals surface area contributed by atoms with Crippen LogP contribution in [0.2, 0.25) is 0 Å². The normalized spacial score (nSPS) is 19.3. The summed E-state index contributed by atoms with van der Waals surface area (Å²) in [7, 11) is 1.90. The highest BCUT2D eigenvalue weighted by atomic mass is 16.3. The Hall–Kier alpha value is -2.18. The van der Waals surface area contributed by atoms with E-state index in [9.17, 15) is 4.79 Å². The maximum absolute atomic E-state index is 12.7. The predicted octanol–water partition coefficient (Wildman–Crippen LogP) is 3.40. The first-order chi connectivity index (χ1) is 14.2. The van der Waals surface area contributed by atoms with E-state index in [2.05, 4.69) is 45.1 Å². The van der Waals surface area contributed by atoms with E-state index in [1.54, 1.807) is 0 Å². The topological polar surface area (TPSA) is 52.8 Å². The second-order valence-corrected chi connectivity index (χ2v) is 8.37. The average molecular weight is 397 g/mol. The van der Waals surface area contributed by atoms with E-state index < -0.39 is 0 Å². The third kappa shape index (κ3) is 5.25. The fourth-order valence-corrected chi connectivity index (χ4v) is 4.44. The number of hydrogen-bond donors (Lipinski definition) is 0. The maximum Gasteiger partial charge on any atom is 0.275 e. The van der Waals surface area contributed by atoms with E-state index in [4.69, 9.17) is 4.42 Å². The SMILES string of the molecule is CN(C(=O)c1coc(CN2CCN(Cc3ccccc3)CC2)n1)C1CCCCC1. The highest BCUT2D eigenvalue weighted by Crippen LogP contribution is 2.23. The highest BCUT2D eigenvalue weighted by molar-refractivity contribution is 5.92. The van der Waals surface area contributed by atoms with Crippen LogP contribution in [0, 0.1) is 0 Å². The molecule has 0 radical (unpaired) electrons. The molecule has 156 valence electrons. The Balaban J connectivity index is 1.26. The van der Waals surface area contributed by atoms with Crippen molar-refractivity contribution in [3.8, 4) is 0 Å². The molecule has 0 bridgehead atoms. The summed E-state index contributed by atoms with van der Waals surface area (Å²) in [6, 6.07) is 11.0. The van der Waals surface area contributed by atoms with Crippen molar-refractivity contribution in [3.05, 3.63) is 53.7 Å². The number of rotatable bonds is 6. The Morgan fingerprint density at radius 2 is 1.69 bits per heavy atom. The fourth-order valence-electron chi connectivity index (χ4n) is 4.44. The van der Waals surface area contributed by atoms with Gasteiger partial charge in [0, 0.05) is 45.8 Å². The number of aromatic nitrogens is 1. The number of hydrogen-bond acceptors (Lipinski definition) is 5. The summed E-state index contributed by atoms with van der Waals surface area (Å²) < 4.78 is 5.63. The van der Waals surface area contributed by atoms with Gasteiger partial charge < -0.3 is 9.32 Å². The number of oxazole rings is 1. The van der Waals surface area contributed by atoms with Gasteiger partial charge in [-0.15, -0.1) is 0 Å². The Labute approximate surface area is 173 Å². The fraction of sp³-hybridized carbons (Fsp3) is 0.565. The standard InChI is InChI=1S/C23H32N4O2/c1-25(20-10-6-3-7-11-20)23(28)21-18-29-22(24-21)17-27-14-12-26(13-15-27)16-19-8-4-2-5-9-19/h2,4-5,8-9,18,20H,3,6-7,10-17H2,1H3. The van der Waals surface area contributed by atoms with Gasteiger partial charge in [-0.05, 0) is 18.4 Å². The van der Waals surface area contributed by atoms with Crippen molar-refractivity contribution in [1.29, 1.82) is 0 Å². The minimum Gasteiger partial charge on any atom is -0.447 e. The Bertz CT molecular complexity index is 777. The molecule has 2 fully saturated rings. The van der Waals surface area contributed by atoms with Gasteiger partial charge in [0.2, 0.25) is 5.89 Å². The van der Waals surface area contributed by atoms with Gasteiger partial charge in [-0.25, -0.2) is 4.98 Å². The molecule has 1 aliphatic heterocycles. The molecule has 1 aromatic carbocycles. The van der Waals surface area contributed by atoms with Gasteiger partial charge in [0.1, 0.15) is 6.26 Å². The summed E-state index contributed by atoms with van der Waals surface area (Å²) in [4.78, 5) is 23.9. The van der Waals surface area contributed by atoms with Gasteiger partial charge in [-0.2, -0.15) is 0 Å². The monoisotopic (exact) mass is 396 g/mol. The molecule has 0 atom stereocenters. The lowest BCUT2D eigenvalue weighted by atomic mass is 9.94. The van der Waals surface area contributed by atoms with Gasteiger partial charge in [-0.1, -0.05) is 49.6 Å². The molecule has 2 aliphatic rings. The zero-order chi connectivity index (χ0) is 20.1.